The van der Waals surface area contributed by atoms with E-state index in [0.717, 1.165) is 5.69 Å². The van der Waals surface area contributed by atoms with E-state index in [2.05, 4.69) is 0 Å². The summed E-state index contributed by atoms with van der Waals surface area (Å²) in [5.41, 5.74) is 2.19. The number of rotatable bonds is 4. The van der Waals surface area contributed by atoms with Crippen molar-refractivity contribution in [3.8, 4) is 0 Å². The van der Waals surface area contributed by atoms with Crippen LogP contribution in [0.15, 0.2) is 64.8 Å². The maximum absolute atomic E-state index is 12.3. The molecule has 2 rings (SSSR count). The van der Waals surface area contributed by atoms with Crippen LogP contribution in [0.4, 0.5) is 5.69 Å². The van der Waals surface area contributed by atoms with E-state index in [1.54, 1.807) is 23.1 Å². The molecule has 0 aliphatic heterocycles. The molecular weight excluding hydrogens is 250 g/mol. The number of halogens is 1. The summed E-state index contributed by atoms with van der Waals surface area (Å²) in [5, 5.41) is 0. The molecule has 4 heteroatoms. The van der Waals surface area contributed by atoms with Gasteiger partial charge in [-0.3, -0.25) is 4.79 Å². The monoisotopic (exact) mass is 261 g/mol. The van der Waals surface area contributed by atoms with Gasteiger partial charge in [0.1, 0.15) is 0 Å². The molecule has 0 unspecified atom stereocenters. The SMILES string of the molecule is O=C(c1ccco1)N(C/C=C\Cl)c1ccccc1. The van der Waals surface area contributed by atoms with Gasteiger partial charge in [-0.15, -0.1) is 0 Å². The lowest BCUT2D eigenvalue weighted by atomic mass is 10.2. The zero-order chi connectivity index (χ0) is 12.8. The van der Waals surface area contributed by atoms with Crippen molar-refractivity contribution in [2.45, 2.75) is 0 Å². The lowest BCUT2D eigenvalue weighted by Gasteiger charge is -2.19. The fourth-order valence-electron chi connectivity index (χ4n) is 1.59. The summed E-state index contributed by atoms with van der Waals surface area (Å²) in [6.45, 7) is 0.396. The normalized spacial score (nSPS) is 10.7. The fraction of sp³-hybridized carbons (Fsp3) is 0.0714. The average molecular weight is 262 g/mol. The van der Waals surface area contributed by atoms with Gasteiger partial charge in [-0.1, -0.05) is 35.9 Å². The Kier molecular flexibility index (Phi) is 4.20. The Morgan fingerprint density at radius 2 is 2.00 bits per heavy atom. The van der Waals surface area contributed by atoms with E-state index in [4.69, 9.17) is 16.0 Å². The zero-order valence-corrected chi connectivity index (χ0v) is 10.4. The number of amides is 1. The first-order valence-corrected chi connectivity index (χ1v) is 5.92. The highest BCUT2D eigenvalue weighted by atomic mass is 35.5. The molecule has 1 heterocycles. The van der Waals surface area contributed by atoms with E-state index >= 15 is 0 Å². The largest absolute Gasteiger partial charge is 0.459 e. The summed E-state index contributed by atoms with van der Waals surface area (Å²) in [7, 11) is 0. The third-order valence-corrected chi connectivity index (χ3v) is 2.60. The van der Waals surface area contributed by atoms with Crippen molar-refractivity contribution >= 4 is 23.2 Å². The van der Waals surface area contributed by atoms with Crippen molar-refractivity contribution in [3.05, 3.63) is 66.1 Å². The van der Waals surface area contributed by atoms with E-state index in [1.165, 1.54) is 11.8 Å². The van der Waals surface area contributed by atoms with Crippen LogP contribution in [0.5, 0.6) is 0 Å². The summed E-state index contributed by atoms with van der Waals surface area (Å²) < 4.78 is 5.13. The lowest BCUT2D eigenvalue weighted by Crippen LogP contribution is -2.30. The number of benzene rings is 1. The second kappa shape index (κ2) is 6.07. The quantitative estimate of drug-likeness (QED) is 0.841. The fourth-order valence-corrected chi connectivity index (χ4v) is 1.67. The molecule has 0 atom stereocenters. The van der Waals surface area contributed by atoms with Gasteiger partial charge >= 0.3 is 0 Å². The molecule has 0 spiro atoms. The highest BCUT2D eigenvalue weighted by molar-refractivity contribution is 6.25. The number of furan rings is 1. The topological polar surface area (TPSA) is 33.5 Å². The van der Waals surface area contributed by atoms with Gasteiger partial charge in [0.05, 0.1) is 6.26 Å². The molecule has 0 saturated heterocycles. The van der Waals surface area contributed by atoms with E-state index < -0.39 is 0 Å². The van der Waals surface area contributed by atoms with Gasteiger partial charge in [0, 0.05) is 17.8 Å². The van der Waals surface area contributed by atoms with E-state index in [0.29, 0.717) is 12.3 Å². The number of hydrogen-bond acceptors (Lipinski definition) is 2. The Bertz CT molecular complexity index is 520. The van der Waals surface area contributed by atoms with Gasteiger partial charge < -0.3 is 9.32 Å². The van der Waals surface area contributed by atoms with Crippen molar-refractivity contribution in [1.82, 2.24) is 0 Å². The van der Waals surface area contributed by atoms with Gasteiger partial charge in [-0.2, -0.15) is 0 Å². The smallest absolute Gasteiger partial charge is 0.294 e. The predicted molar refractivity (Wildman–Crippen MR) is 71.8 cm³/mol. The minimum atomic E-state index is -0.194. The first-order chi connectivity index (χ1) is 8.83. The van der Waals surface area contributed by atoms with Crippen LogP contribution in [-0.4, -0.2) is 12.5 Å². The molecule has 2 aromatic rings. The van der Waals surface area contributed by atoms with Crippen molar-refractivity contribution in [3.63, 3.8) is 0 Å². The molecule has 0 N–H and O–H groups in total. The van der Waals surface area contributed by atoms with Gasteiger partial charge in [0.15, 0.2) is 5.76 Å². The van der Waals surface area contributed by atoms with Crippen molar-refractivity contribution in [2.24, 2.45) is 0 Å². The maximum Gasteiger partial charge on any atom is 0.294 e. The minimum absolute atomic E-state index is 0.194. The summed E-state index contributed by atoms with van der Waals surface area (Å²) in [6.07, 6.45) is 3.18. The molecular formula is C14H12ClNO2. The lowest BCUT2D eigenvalue weighted by molar-refractivity contribution is 0.0963. The number of anilines is 1. The summed E-state index contributed by atoms with van der Waals surface area (Å²) >= 11 is 5.52. The van der Waals surface area contributed by atoms with E-state index in [-0.39, 0.29) is 5.91 Å². The van der Waals surface area contributed by atoms with Gasteiger partial charge in [-0.25, -0.2) is 0 Å². The molecule has 0 aliphatic carbocycles. The second-order valence-corrected chi connectivity index (χ2v) is 3.84. The molecule has 92 valence electrons. The Morgan fingerprint density at radius 1 is 1.22 bits per heavy atom. The molecule has 0 bridgehead atoms. The average Bonchev–Trinajstić information content (AvgIpc) is 2.94. The summed E-state index contributed by atoms with van der Waals surface area (Å²) in [4.78, 5) is 13.9. The van der Waals surface area contributed by atoms with Crippen LogP contribution >= 0.6 is 11.6 Å². The van der Waals surface area contributed by atoms with Crippen molar-refractivity contribution in [1.29, 1.82) is 0 Å². The van der Waals surface area contributed by atoms with Crippen LogP contribution in [0, 0.1) is 0 Å². The van der Waals surface area contributed by atoms with Crippen molar-refractivity contribution < 1.29 is 9.21 Å². The molecule has 0 radical (unpaired) electrons. The number of carbonyl (C=O) groups excluding carboxylic acids is 1. The Hall–Kier alpha value is -2.00. The highest BCUT2D eigenvalue weighted by Crippen LogP contribution is 2.17. The molecule has 1 aromatic carbocycles. The second-order valence-electron chi connectivity index (χ2n) is 3.59. The molecule has 1 aromatic heterocycles. The number of carbonyl (C=O) groups is 1. The van der Waals surface area contributed by atoms with Crippen LogP contribution in [0.3, 0.4) is 0 Å². The Labute approximate surface area is 110 Å². The van der Waals surface area contributed by atoms with Crippen LogP contribution in [-0.2, 0) is 0 Å². The molecule has 0 aliphatic rings. The first kappa shape index (κ1) is 12.5. The van der Waals surface area contributed by atoms with Crippen LogP contribution in [0.25, 0.3) is 0 Å². The molecule has 0 fully saturated rings. The number of para-hydroxylation sites is 1. The van der Waals surface area contributed by atoms with E-state index in [1.807, 2.05) is 30.3 Å². The molecule has 3 nitrogen and oxygen atoms in total. The van der Waals surface area contributed by atoms with Crippen LogP contribution < -0.4 is 4.90 Å². The Morgan fingerprint density at radius 3 is 2.61 bits per heavy atom. The number of nitrogens with zero attached hydrogens (tertiary/aromatic N) is 1. The van der Waals surface area contributed by atoms with Crippen molar-refractivity contribution in [2.75, 3.05) is 11.4 Å². The third-order valence-electron chi connectivity index (χ3n) is 2.42. The van der Waals surface area contributed by atoms with Crippen LogP contribution in [0.2, 0.25) is 0 Å². The van der Waals surface area contributed by atoms with Gasteiger partial charge in [0.25, 0.3) is 5.91 Å². The summed E-state index contributed by atoms with van der Waals surface area (Å²) in [5.74, 6) is 0.114. The first-order valence-electron chi connectivity index (χ1n) is 5.48. The zero-order valence-electron chi connectivity index (χ0n) is 9.62. The maximum atomic E-state index is 12.3. The molecule has 1 amide bonds. The third kappa shape index (κ3) is 2.81. The highest BCUT2D eigenvalue weighted by Gasteiger charge is 2.18. The standard InChI is InChI=1S/C14H12ClNO2/c15-9-5-10-16(12-6-2-1-3-7-12)14(17)13-8-4-11-18-13/h1-9,11H,10H2/b9-5-. The van der Waals surface area contributed by atoms with Crippen LogP contribution in [0.1, 0.15) is 10.6 Å². The van der Waals surface area contributed by atoms with Gasteiger partial charge in [0.2, 0.25) is 0 Å². The number of hydrogen-bond donors (Lipinski definition) is 0. The minimum Gasteiger partial charge on any atom is -0.459 e. The summed E-state index contributed by atoms with van der Waals surface area (Å²) in [6, 6.07) is 12.7. The predicted octanol–water partition coefficient (Wildman–Crippen LogP) is 3.68. The molecule has 18 heavy (non-hydrogen) atoms. The van der Waals surface area contributed by atoms with Gasteiger partial charge in [-0.05, 0) is 24.3 Å². The molecule has 0 saturated carbocycles. The Balaban J connectivity index is 2.28. The van der Waals surface area contributed by atoms with E-state index in [9.17, 15) is 4.79 Å².